The van der Waals surface area contributed by atoms with E-state index in [4.69, 9.17) is 4.74 Å². The summed E-state index contributed by atoms with van der Waals surface area (Å²) >= 11 is 0. The summed E-state index contributed by atoms with van der Waals surface area (Å²) < 4.78 is 33.7. The van der Waals surface area contributed by atoms with Crippen molar-refractivity contribution >= 4 is 10.0 Å². The summed E-state index contributed by atoms with van der Waals surface area (Å²) in [5.74, 6) is 0. The molecule has 1 heterocycles. The Morgan fingerprint density at radius 1 is 0.818 bits per heavy atom. The molecule has 0 unspecified atom stereocenters. The topological polar surface area (TPSA) is 46.6 Å². The molecule has 0 spiro atoms. The van der Waals surface area contributed by atoms with Gasteiger partial charge in [0.1, 0.15) is 0 Å². The lowest BCUT2D eigenvalue weighted by atomic mass is 9.95. The van der Waals surface area contributed by atoms with E-state index in [0.29, 0.717) is 18.0 Å². The zero-order valence-corrected chi connectivity index (χ0v) is 15.5. The van der Waals surface area contributed by atoms with Crippen molar-refractivity contribution in [3.8, 4) is 0 Å². The quantitative estimate of drug-likeness (QED) is 0.839. The lowest BCUT2D eigenvalue weighted by Crippen LogP contribution is -2.48. The van der Waals surface area contributed by atoms with Crippen molar-refractivity contribution in [3.05, 3.63) is 27.8 Å². The third-order valence-corrected chi connectivity index (χ3v) is 7.02. The van der Waals surface area contributed by atoms with Crippen LogP contribution in [0.15, 0.2) is 4.90 Å². The van der Waals surface area contributed by atoms with E-state index in [1.165, 1.54) is 5.56 Å². The van der Waals surface area contributed by atoms with E-state index in [-0.39, 0.29) is 12.2 Å². The molecule has 0 radical (unpaired) electrons. The predicted molar refractivity (Wildman–Crippen MR) is 88.9 cm³/mol. The molecule has 0 bridgehead atoms. The molecular formula is C17H27NO3S. The zero-order valence-electron chi connectivity index (χ0n) is 14.6. The van der Waals surface area contributed by atoms with Crippen molar-refractivity contribution in [2.45, 2.75) is 65.6 Å². The standard InChI is InChI=1S/C17H27NO3S/c1-10-8-18(9-11(2)21-10)22(19,20)17-15(6)13(4)12(3)14(5)16(17)7/h10-11H,8-9H2,1-7H3/t10-,11+. The molecule has 124 valence electrons. The van der Waals surface area contributed by atoms with Crippen LogP contribution in [0.25, 0.3) is 0 Å². The smallest absolute Gasteiger partial charge is 0.243 e. The summed E-state index contributed by atoms with van der Waals surface area (Å²) in [4.78, 5) is 0.481. The van der Waals surface area contributed by atoms with Crippen LogP contribution in [0.2, 0.25) is 0 Å². The second-order valence-electron chi connectivity index (χ2n) is 6.53. The average Bonchev–Trinajstić information content (AvgIpc) is 2.42. The highest BCUT2D eigenvalue weighted by Crippen LogP contribution is 2.32. The lowest BCUT2D eigenvalue weighted by Gasteiger charge is -2.35. The molecule has 1 aliphatic rings. The number of benzene rings is 1. The van der Waals surface area contributed by atoms with Gasteiger partial charge in [-0.3, -0.25) is 0 Å². The van der Waals surface area contributed by atoms with Crippen LogP contribution >= 0.6 is 0 Å². The van der Waals surface area contributed by atoms with Crippen molar-refractivity contribution in [3.63, 3.8) is 0 Å². The van der Waals surface area contributed by atoms with Crippen LogP contribution in [0, 0.1) is 34.6 Å². The minimum absolute atomic E-state index is 0.0771. The van der Waals surface area contributed by atoms with Crippen molar-refractivity contribution in [2.24, 2.45) is 0 Å². The Balaban J connectivity index is 2.60. The highest BCUT2D eigenvalue weighted by molar-refractivity contribution is 7.89. The van der Waals surface area contributed by atoms with Crippen molar-refractivity contribution < 1.29 is 13.2 Å². The Morgan fingerprint density at radius 2 is 1.18 bits per heavy atom. The summed E-state index contributed by atoms with van der Waals surface area (Å²) in [7, 11) is -3.50. The number of hydrogen-bond donors (Lipinski definition) is 0. The van der Waals surface area contributed by atoms with Crippen LogP contribution in [0.3, 0.4) is 0 Å². The summed E-state index contributed by atoms with van der Waals surface area (Å²) in [6.07, 6.45) is -0.154. The summed E-state index contributed by atoms with van der Waals surface area (Å²) in [6.45, 7) is 14.5. The van der Waals surface area contributed by atoms with Crippen molar-refractivity contribution in [1.82, 2.24) is 4.31 Å². The highest BCUT2D eigenvalue weighted by Gasteiger charge is 2.34. The van der Waals surface area contributed by atoms with E-state index in [0.717, 1.165) is 22.3 Å². The van der Waals surface area contributed by atoms with Crippen LogP contribution in [-0.4, -0.2) is 38.0 Å². The van der Waals surface area contributed by atoms with E-state index in [2.05, 4.69) is 6.92 Å². The fourth-order valence-corrected chi connectivity index (χ4v) is 5.46. The van der Waals surface area contributed by atoms with Gasteiger partial charge in [-0.15, -0.1) is 0 Å². The molecule has 22 heavy (non-hydrogen) atoms. The molecule has 2 atom stereocenters. The van der Waals surface area contributed by atoms with Crippen molar-refractivity contribution in [1.29, 1.82) is 0 Å². The lowest BCUT2D eigenvalue weighted by molar-refractivity contribution is -0.0441. The maximum Gasteiger partial charge on any atom is 0.243 e. The SMILES string of the molecule is Cc1c(C)c(C)c(S(=O)(=O)N2C[C@@H](C)O[C@@H](C)C2)c(C)c1C. The molecule has 2 rings (SSSR count). The third kappa shape index (κ3) is 2.82. The molecule has 4 nitrogen and oxygen atoms in total. The molecule has 5 heteroatoms. The van der Waals surface area contributed by atoms with Crippen LogP contribution in [-0.2, 0) is 14.8 Å². The van der Waals surface area contributed by atoms with E-state index in [1.807, 2.05) is 41.5 Å². The summed E-state index contributed by atoms with van der Waals surface area (Å²) in [5.41, 5.74) is 5.05. The maximum atomic E-state index is 13.2. The maximum absolute atomic E-state index is 13.2. The third-order valence-electron chi connectivity index (χ3n) is 4.92. The molecule has 1 saturated heterocycles. The predicted octanol–water partition coefficient (Wildman–Crippen LogP) is 3.03. The van der Waals surface area contributed by atoms with Crippen LogP contribution < -0.4 is 0 Å². The molecule has 0 aromatic heterocycles. The molecule has 1 aromatic carbocycles. The Hall–Kier alpha value is -0.910. The molecule has 1 fully saturated rings. The van der Waals surface area contributed by atoms with Gasteiger partial charge in [-0.1, -0.05) is 0 Å². The van der Waals surface area contributed by atoms with E-state index in [9.17, 15) is 8.42 Å². The Labute approximate surface area is 134 Å². The number of nitrogens with zero attached hydrogens (tertiary/aromatic N) is 1. The molecule has 0 aliphatic carbocycles. The minimum atomic E-state index is -3.50. The first-order chi connectivity index (χ1) is 10.1. The summed E-state index contributed by atoms with van der Waals surface area (Å²) in [6, 6.07) is 0. The van der Waals surface area contributed by atoms with Gasteiger partial charge in [0.15, 0.2) is 0 Å². The molecule has 1 aromatic rings. The molecule has 0 amide bonds. The first-order valence-electron chi connectivity index (χ1n) is 7.80. The normalized spacial score (nSPS) is 23.8. The van der Waals surface area contributed by atoms with Gasteiger partial charge in [0, 0.05) is 13.1 Å². The molecular weight excluding hydrogens is 298 g/mol. The van der Waals surface area contributed by atoms with Gasteiger partial charge >= 0.3 is 0 Å². The first-order valence-corrected chi connectivity index (χ1v) is 9.24. The fourth-order valence-electron chi connectivity index (χ4n) is 3.31. The molecule has 1 aliphatic heterocycles. The van der Waals surface area contributed by atoms with Gasteiger partial charge in [0.25, 0.3) is 0 Å². The fraction of sp³-hybridized carbons (Fsp3) is 0.647. The van der Waals surface area contributed by atoms with Gasteiger partial charge in [-0.25, -0.2) is 8.42 Å². The van der Waals surface area contributed by atoms with Gasteiger partial charge in [0.05, 0.1) is 17.1 Å². The van der Waals surface area contributed by atoms with Gasteiger partial charge in [-0.2, -0.15) is 4.31 Å². The highest BCUT2D eigenvalue weighted by atomic mass is 32.2. The second-order valence-corrected chi connectivity index (χ2v) is 8.41. The van der Waals surface area contributed by atoms with Crippen LogP contribution in [0.1, 0.15) is 41.7 Å². The van der Waals surface area contributed by atoms with Crippen LogP contribution in [0.4, 0.5) is 0 Å². The molecule has 0 N–H and O–H groups in total. The van der Waals surface area contributed by atoms with Gasteiger partial charge < -0.3 is 4.74 Å². The Kier molecular flexibility index (Phi) is 4.71. The Morgan fingerprint density at radius 3 is 1.59 bits per heavy atom. The van der Waals surface area contributed by atoms with Gasteiger partial charge in [-0.05, 0) is 76.3 Å². The average molecular weight is 325 g/mol. The molecule has 0 saturated carbocycles. The first kappa shape index (κ1) is 17.4. The van der Waals surface area contributed by atoms with E-state index in [1.54, 1.807) is 4.31 Å². The van der Waals surface area contributed by atoms with Gasteiger partial charge in [0.2, 0.25) is 10.0 Å². The monoisotopic (exact) mass is 325 g/mol. The van der Waals surface area contributed by atoms with Crippen LogP contribution in [0.5, 0.6) is 0 Å². The van der Waals surface area contributed by atoms with Crippen molar-refractivity contribution in [2.75, 3.05) is 13.1 Å². The number of hydrogen-bond acceptors (Lipinski definition) is 3. The second kappa shape index (κ2) is 5.95. The summed E-state index contributed by atoms with van der Waals surface area (Å²) in [5, 5.41) is 0. The van der Waals surface area contributed by atoms with E-state index >= 15 is 0 Å². The number of morpholine rings is 1. The largest absolute Gasteiger partial charge is 0.373 e. The Bertz CT molecular complexity index is 655. The number of sulfonamides is 1. The zero-order chi connectivity index (χ0) is 16.8. The minimum Gasteiger partial charge on any atom is -0.373 e. The number of rotatable bonds is 2. The van der Waals surface area contributed by atoms with E-state index < -0.39 is 10.0 Å². The number of ether oxygens (including phenoxy) is 1.